The molecule has 0 saturated heterocycles. The third-order valence-electron chi connectivity index (χ3n) is 3.87. The summed E-state index contributed by atoms with van der Waals surface area (Å²) in [4.78, 5) is 22.2. The van der Waals surface area contributed by atoms with Gasteiger partial charge in [-0.2, -0.15) is 0 Å². The summed E-state index contributed by atoms with van der Waals surface area (Å²) in [5, 5.41) is 4.73. The van der Waals surface area contributed by atoms with Crippen molar-refractivity contribution in [2.24, 2.45) is 0 Å². The van der Waals surface area contributed by atoms with Gasteiger partial charge in [0.15, 0.2) is 0 Å². The number of thiophene rings is 1. The highest BCUT2D eigenvalue weighted by Crippen LogP contribution is 2.35. The van der Waals surface area contributed by atoms with Gasteiger partial charge in [-0.1, -0.05) is 17.7 Å². The van der Waals surface area contributed by atoms with Crippen molar-refractivity contribution in [3.63, 3.8) is 0 Å². The molecule has 8 heteroatoms. The number of methoxy groups -OCH3 is 1. The van der Waals surface area contributed by atoms with Gasteiger partial charge < -0.3 is 14.8 Å². The van der Waals surface area contributed by atoms with Crippen LogP contribution in [0, 0.1) is 13.8 Å². The van der Waals surface area contributed by atoms with Gasteiger partial charge in [0.2, 0.25) is 0 Å². The first-order valence-corrected chi connectivity index (χ1v) is 9.14. The van der Waals surface area contributed by atoms with Gasteiger partial charge in [-0.3, -0.25) is 0 Å². The van der Waals surface area contributed by atoms with Gasteiger partial charge in [-0.15, -0.1) is 11.3 Å². The van der Waals surface area contributed by atoms with Crippen molar-refractivity contribution in [2.75, 3.05) is 25.6 Å². The van der Waals surface area contributed by atoms with Crippen LogP contribution in [-0.2, 0) is 9.47 Å². The first-order chi connectivity index (χ1) is 12.5. The molecule has 0 unspecified atom stereocenters. The fourth-order valence-electron chi connectivity index (χ4n) is 2.45. The van der Waals surface area contributed by atoms with Crippen LogP contribution in [0.15, 0.2) is 24.5 Å². The molecular formula is C18H18ClN3O3S. The Hall–Kier alpha value is -2.22. The summed E-state index contributed by atoms with van der Waals surface area (Å²) >= 11 is 7.48. The van der Waals surface area contributed by atoms with Crippen molar-refractivity contribution in [1.29, 1.82) is 0 Å². The maximum absolute atomic E-state index is 12.3. The van der Waals surface area contributed by atoms with E-state index >= 15 is 0 Å². The highest BCUT2D eigenvalue weighted by molar-refractivity contribution is 7.20. The van der Waals surface area contributed by atoms with Crippen molar-refractivity contribution in [3.05, 3.63) is 45.6 Å². The molecular weight excluding hydrogens is 374 g/mol. The smallest absolute Gasteiger partial charge is 0.348 e. The molecule has 0 aliphatic heterocycles. The second-order valence-corrected chi connectivity index (χ2v) is 7.08. The fourth-order valence-corrected chi connectivity index (χ4v) is 3.67. The lowest BCUT2D eigenvalue weighted by Crippen LogP contribution is -2.09. The molecule has 1 aromatic carbocycles. The van der Waals surface area contributed by atoms with E-state index in [4.69, 9.17) is 21.1 Å². The number of carbonyl (C=O) groups is 1. The lowest BCUT2D eigenvalue weighted by molar-refractivity contribution is 0.0393. The van der Waals surface area contributed by atoms with E-state index in [-0.39, 0.29) is 12.6 Å². The SMILES string of the molecule is COCCOC(=O)c1sc2ncnc(Nc3ccc(C)c(Cl)c3)c2c1C. The Kier molecular flexibility index (Phi) is 5.70. The average molecular weight is 392 g/mol. The minimum atomic E-state index is -0.383. The molecule has 3 rings (SSSR count). The number of fused-ring (bicyclic) bond motifs is 1. The summed E-state index contributed by atoms with van der Waals surface area (Å²) in [6.07, 6.45) is 1.47. The molecule has 3 aromatic rings. The number of hydrogen-bond acceptors (Lipinski definition) is 7. The number of halogens is 1. The number of hydrogen-bond donors (Lipinski definition) is 1. The number of anilines is 2. The maximum atomic E-state index is 12.3. The molecule has 6 nitrogen and oxygen atoms in total. The lowest BCUT2D eigenvalue weighted by Gasteiger charge is -2.09. The Morgan fingerprint density at radius 3 is 2.81 bits per heavy atom. The van der Waals surface area contributed by atoms with E-state index < -0.39 is 0 Å². The predicted molar refractivity (Wildman–Crippen MR) is 104 cm³/mol. The van der Waals surface area contributed by atoms with E-state index in [0.717, 1.165) is 27.0 Å². The second kappa shape index (κ2) is 7.99. The average Bonchev–Trinajstić information content (AvgIpc) is 2.96. The minimum Gasteiger partial charge on any atom is -0.459 e. The summed E-state index contributed by atoms with van der Waals surface area (Å²) in [6.45, 7) is 4.38. The molecule has 0 saturated carbocycles. The van der Waals surface area contributed by atoms with Gasteiger partial charge in [0, 0.05) is 17.8 Å². The van der Waals surface area contributed by atoms with Gasteiger partial charge in [0.05, 0.1) is 12.0 Å². The number of rotatable bonds is 6. The highest BCUT2D eigenvalue weighted by Gasteiger charge is 2.20. The Bertz CT molecular complexity index is 958. The van der Waals surface area contributed by atoms with Crippen molar-refractivity contribution in [2.45, 2.75) is 13.8 Å². The van der Waals surface area contributed by atoms with Gasteiger partial charge in [0.25, 0.3) is 0 Å². The first-order valence-electron chi connectivity index (χ1n) is 7.94. The highest BCUT2D eigenvalue weighted by atomic mass is 35.5. The summed E-state index contributed by atoms with van der Waals surface area (Å²) in [7, 11) is 1.56. The topological polar surface area (TPSA) is 73.3 Å². The number of nitrogens with zero attached hydrogens (tertiary/aromatic N) is 2. The lowest BCUT2D eigenvalue weighted by atomic mass is 10.2. The number of carbonyl (C=O) groups excluding carboxylic acids is 1. The van der Waals surface area contributed by atoms with Crippen LogP contribution in [0.3, 0.4) is 0 Å². The van der Waals surface area contributed by atoms with Gasteiger partial charge in [-0.25, -0.2) is 14.8 Å². The zero-order valence-corrected chi connectivity index (χ0v) is 16.2. The standard InChI is InChI=1S/C18H18ClN3O3S/c1-10-4-5-12(8-13(10)19)22-16-14-11(2)15(18(23)25-7-6-24-3)26-17(14)21-9-20-16/h4-5,8-9H,6-7H2,1-3H3,(H,20,21,22). The molecule has 0 atom stereocenters. The van der Waals surface area contributed by atoms with Crippen molar-refractivity contribution < 1.29 is 14.3 Å². The largest absolute Gasteiger partial charge is 0.459 e. The monoisotopic (exact) mass is 391 g/mol. The number of aryl methyl sites for hydroxylation is 2. The van der Waals surface area contributed by atoms with Crippen LogP contribution in [-0.4, -0.2) is 36.3 Å². The number of esters is 1. The predicted octanol–water partition coefficient (Wildman–Crippen LogP) is 4.51. The Balaban J connectivity index is 1.94. The zero-order chi connectivity index (χ0) is 18.7. The molecule has 136 valence electrons. The maximum Gasteiger partial charge on any atom is 0.348 e. The molecule has 2 heterocycles. The first kappa shape index (κ1) is 18.6. The molecule has 0 aliphatic carbocycles. The van der Waals surface area contributed by atoms with Crippen LogP contribution in [0.4, 0.5) is 11.5 Å². The molecule has 26 heavy (non-hydrogen) atoms. The molecule has 0 spiro atoms. The van der Waals surface area contributed by atoms with Gasteiger partial charge in [0.1, 0.15) is 28.5 Å². The summed E-state index contributed by atoms with van der Waals surface area (Å²) in [5.74, 6) is 0.242. The van der Waals surface area contributed by atoms with Crippen LogP contribution in [0.25, 0.3) is 10.2 Å². The van der Waals surface area contributed by atoms with Crippen molar-refractivity contribution in [1.82, 2.24) is 9.97 Å². The Labute approximate surface area is 160 Å². The summed E-state index contributed by atoms with van der Waals surface area (Å²) < 4.78 is 10.1. The molecule has 0 radical (unpaired) electrons. The molecule has 0 amide bonds. The Morgan fingerprint density at radius 2 is 2.08 bits per heavy atom. The normalized spacial score (nSPS) is 10.9. The van der Waals surface area contributed by atoms with Gasteiger partial charge in [-0.05, 0) is 37.1 Å². The molecule has 0 aliphatic rings. The van der Waals surface area contributed by atoms with E-state index in [9.17, 15) is 4.79 Å². The van der Waals surface area contributed by atoms with E-state index in [0.29, 0.717) is 22.3 Å². The molecule has 1 N–H and O–H groups in total. The number of benzene rings is 1. The van der Waals surface area contributed by atoms with Crippen molar-refractivity contribution in [3.8, 4) is 0 Å². The number of nitrogens with one attached hydrogen (secondary N) is 1. The fraction of sp³-hybridized carbons (Fsp3) is 0.278. The van der Waals surface area contributed by atoms with Crippen LogP contribution >= 0.6 is 22.9 Å². The van der Waals surface area contributed by atoms with E-state index in [1.54, 1.807) is 7.11 Å². The summed E-state index contributed by atoms with van der Waals surface area (Å²) in [5.41, 5.74) is 2.60. The van der Waals surface area contributed by atoms with Crippen LogP contribution < -0.4 is 5.32 Å². The quantitative estimate of drug-likeness (QED) is 0.492. The number of ether oxygens (including phenoxy) is 2. The molecule has 2 aromatic heterocycles. The van der Waals surface area contributed by atoms with Crippen LogP contribution in [0.5, 0.6) is 0 Å². The Morgan fingerprint density at radius 1 is 1.27 bits per heavy atom. The van der Waals surface area contributed by atoms with Crippen LogP contribution in [0.1, 0.15) is 20.8 Å². The van der Waals surface area contributed by atoms with Crippen molar-refractivity contribution >= 4 is 50.6 Å². The van der Waals surface area contributed by atoms with E-state index in [1.165, 1.54) is 17.7 Å². The second-order valence-electron chi connectivity index (χ2n) is 5.68. The van der Waals surface area contributed by atoms with E-state index in [1.807, 2.05) is 32.0 Å². The van der Waals surface area contributed by atoms with E-state index in [2.05, 4.69) is 15.3 Å². The third kappa shape index (κ3) is 3.80. The summed E-state index contributed by atoms with van der Waals surface area (Å²) in [6, 6.07) is 5.70. The molecule has 0 bridgehead atoms. The minimum absolute atomic E-state index is 0.210. The zero-order valence-electron chi connectivity index (χ0n) is 14.6. The third-order valence-corrected chi connectivity index (χ3v) is 5.45. The number of aromatic nitrogens is 2. The van der Waals surface area contributed by atoms with Crippen LogP contribution in [0.2, 0.25) is 5.02 Å². The molecule has 0 fully saturated rings. The van der Waals surface area contributed by atoms with Gasteiger partial charge >= 0.3 is 5.97 Å².